The topological polar surface area (TPSA) is 91.3 Å². The van der Waals surface area contributed by atoms with Gasteiger partial charge in [-0.2, -0.15) is 0 Å². The van der Waals surface area contributed by atoms with Crippen LogP contribution in [-0.4, -0.2) is 59.3 Å². The van der Waals surface area contributed by atoms with E-state index in [4.69, 9.17) is 18.9 Å². The number of ether oxygens (including phenoxy) is 4. The Bertz CT molecular complexity index is 792. The maximum absolute atomic E-state index is 12.7. The van der Waals surface area contributed by atoms with Crippen molar-refractivity contribution < 1.29 is 33.6 Å². The highest BCUT2D eigenvalue weighted by molar-refractivity contribution is 5.70. The summed E-state index contributed by atoms with van der Waals surface area (Å²) < 4.78 is 24.6. The molecule has 0 aromatic heterocycles. The maximum atomic E-state index is 12.7. The molecule has 10 atom stereocenters. The predicted octanol–water partition coefficient (Wildman–Crippen LogP) is 3.57. The van der Waals surface area contributed by atoms with Gasteiger partial charge in [-0.05, 0) is 63.4 Å². The van der Waals surface area contributed by atoms with Crippen molar-refractivity contribution in [1.82, 2.24) is 0 Å². The number of fused-ring (bicyclic) bond motifs is 8. The van der Waals surface area contributed by atoms with Gasteiger partial charge in [-0.25, -0.2) is 0 Å². The first-order valence-electron chi connectivity index (χ1n) is 12.5. The third kappa shape index (κ3) is 4.37. The summed E-state index contributed by atoms with van der Waals surface area (Å²) in [6.07, 6.45) is 1.91. The highest BCUT2D eigenvalue weighted by Gasteiger charge is 2.66. The highest BCUT2D eigenvalue weighted by atomic mass is 16.6. The molecular weight excluding hydrogens is 424 g/mol. The molecule has 4 rings (SSSR count). The van der Waals surface area contributed by atoms with Crippen LogP contribution in [0.3, 0.4) is 0 Å². The molecule has 7 heteroatoms. The van der Waals surface area contributed by atoms with E-state index in [1.54, 1.807) is 0 Å². The van der Waals surface area contributed by atoms with E-state index in [1.807, 2.05) is 20.8 Å². The first kappa shape index (κ1) is 24.7. The summed E-state index contributed by atoms with van der Waals surface area (Å²) in [4.78, 5) is 24.5. The Morgan fingerprint density at radius 1 is 1.30 bits per heavy atom. The Morgan fingerprint density at radius 3 is 2.70 bits per heavy atom. The van der Waals surface area contributed by atoms with Gasteiger partial charge in [0.15, 0.2) is 0 Å². The van der Waals surface area contributed by atoms with Gasteiger partial charge in [-0.15, -0.1) is 0 Å². The molecule has 1 unspecified atom stereocenters. The number of aliphatic hydroxyl groups is 1. The summed E-state index contributed by atoms with van der Waals surface area (Å²) >= 11 is 0. The van der Waals surface area contributed by atoms with Gasteiger partial charge in [0.25, 0.3) is 0 Å². The lowest BCUT2D eigenvalue weighted by molar-refractivity contribution is -0.224. The van der Waals surface area contributed by atoms with Crippen molar-refractivity contribution in [2.45, 2.75) is 109 Å². The molecule has 0 aromatic rings. The lowest BCUT2D eigenvalue weighted by Gasteiger charge is -2.55. The van der Waals surface area contributed by atoms with Crippen LogP contribution in [-0.2, 0) is 28.5 Å². The Labute approximate surface area is 197 Å². The second-order valence-electron chi connectivity index (χ2n) is 11.2. The molecule has 3 saturated heterocycles. The smallest absolute Gasteiger partial charge is 0.306 e. The number of esters is 2. The zero-order valence-electron chi connectivity index (χ0n) is 20.7. The van der Waals surface area contributed by atoms with E-state index in [2.05, 4.69) is 13.5 Å². The van der Waals surface area contributed by atoms with E-state index < -0.39 is 17.3 Å². The minimum Gasteiger partial charge on any atom is -0.458 e. The normalized spacial score (nSPS) is 47.0. The van der Waals surface area contributed by atoms with E-state index in [9.17, 15) is 14.7 Å². The van der Waals surface area contributed by atoms with E-state index >= 15 is 0 Å². The minimum absolute atomic E-state index is 0.0395. The van der Waals surface area contributed by atoms with Crippen molar-refractivity contribution in [3.63, 3.8) is 0 Å². The number of hydrogen-bond acceptors (Lipinski definition) is 7. The second-order valence-corrected chi connectivity index (χ2v) is 11.2. The number of carbonyl (C=O) groups excluding carboxylic acids is 2. The Kier molecular flexibility index (Phi) is 6.71. The monoisotopic (exact) mass is 464 g/mol. The lowest BCUT2D eigenvalue weighted by Crippen LogP contribution is -2.63. The third-order valence-electron chi connectivity index (χ3n) is 8.62. The Balaban J connectivity index is 1.76. The number of hydrogen-bond donors (Lipinski definition) is 1. The Hall–Kier alpha value is -1.44. The van der Waals surface area contributed by atoms with Crippen LogP contribution < -0.4 is 0 Å². The van der Waals surface area contributed by atoms with Gasteiger partial charge in [0.1, 0.15) is 17.8 Å². The maximum Gasteiger partial charge on any atom is 0.306 e. The van der Waals surface area contributed by atoms with E-state index in [-0.39, 0.29) is 42.1 Å². The molecule has 186 valence electrons. The predicted molar refractivity (Wildman–Crippen MR) is 121 cm³/mol. The molecule has 1 aliphatic carbocycles. The van der Waals surface area contributed by atoms with Crippen molar-refractivity contribution in [1.29, 1.82) is 0 Å². The molecule has 1 saturated carbocycles. The van der Waals surface area contributed by atoms with Crippen LogP contribution in [0.25, 0.3) is 0 Å². The van der Waals surface area contributed by atoms with Gasteiger partial charge in [0.2, 0.25) is 0 Å². The summed E-state index contributed by atoms with van der Waals surface area (Å²) in [6.45, 7) is 14.2. The second kappa shape index (κ2) is 8.97. The van der Waals surface area contributed by atoms with Crippen molar-refractivity contribution in [3.05, 3.63) is 12.2 Å². The van der Waals surface area contributed by atoms with Crippen molar-refractivity contribution in [2.75, 3.05) is 6.61 Å². The van der Waals surface area contributed by atoms with Gasteiger partial charge in [0, 0.05) is 31.8 Å². The lowest BCUT2D eigenvalue weighted by atomic mass is 9.55. The molecule has 7 nitrogen and oxygen atoms in total. The Morgan fingerprint density at radius 2 is 2.03 bits per heavy atom. The molecule has 4 aliphatic rings. The summed E-state index contributed by atoms with van der Waals surface area (Å²) in [5.41, 5.74) is -1.20. The number of carbonyl (C=O) groups is 2. The molecular formula is C26H40O7. The van der Waals surface area contributed by atoms with Crippen LogP contribution in [0.1, 0.15) is 73.1 Å². The minimum atomic E-state index is -1.08. The fourth-order valence-electron chi connectivity index (χ4n) is 7.00. The van der Waals surface area contributed by atoms with E-state index in [0.29, 0.717) is 50.5 Å². The van der Waals surface area contributed by atoms with Gasteiger partial charge < -0.3 is 24.1 Å². The molecule has 0 amide bonds. The first-order chi connectivity index (χ1) is 15.5. The molecule has 1 N–H and O–H groups in total. The third-order valence-corrected chi connectivity index (χ3v) is 8.62. The zero-order chi connectivity index (χ0) is 24.1. The molecule has 4 bridgehead atoms. The fourth-order valence-corrected chi connectivity index (χ4v) is 7.00. The van der Waals surface area contributed by atoms with Crippen LogP contribution >= 0.6 is 0 Å². The highest BCUT2D eigenvalue weighted by Crippen LogP contribution is 2.59. The van der Waals surface area contributed by atoms with Crippen LogP contribution in [0.5, 0.6) is 0 Å². The average Bonchev–Trinajstić information content (AvgIpc) is 3.12. The van der Waals surface area contributed by atoms with Crippen LogP contribution in [0, 0.1) is 23.7 Å². The van der Waals surface area contributed by atoms with Gasteiger partial charge in [-0.1, -0.05) is 20.4 Å². The zero-order valence-corrected chi connectivity index (χ0v) is 20.7. The van der Waals surface area contributed by atoms with E-state index in [1.165, 1.54) is 6.92 Å². The molecule has 0 spiro atoms. The molecule has 4 fully saturated rings. The van der Waals surface area contributed by atoms with Gasteiger partial charge >= 0.3 is 11.9 Å². The van der Waals surface area contributed by atoms with E-state index in [0.717, 1.165) is 12.0 Å². The molecule has 33 heavy (non-hydrogen) atoms. The SMILES string of the molecule is C=C1C[C@H]2O[C@H]([C@H]3C2[C@@](C)(O)[C@H]2C[C@@H]3[C@@H](C)CO2)[C@](C)(OC(=O)CCC)CC[C@@H]1OC(C)=O. The first-order valence-corrected chi connectivity index (χ1v) is 12.5. The fraction of sp³-hybridized carbons (Fsp3) is 0.846. The van der Waals surface area contributed by atoms with Gasteiger partial charge in [0.05, 0.1) is 17.8 Å². The quantitative estimate of drug-likeness (QED) is 0.502. The molecule has 3 aliphatic heterocycles. The number of rotatable bonds is 4. The van der Waals surface area contributed by atoms with Crippen molar-refractivity contribution >= 4 is 11.9 Å². The molecule has 3 heterocycles. The molecule has 0 radical (unpaired) electrons. The summed E-state index contributed by atoms with van der Waals surface area (Å²) in [5, 5.41) is 11.7. The molecule has 0 aromatic carbocycles. The average molecular weight is 465 g/mol. The van der Waals surface area contributed by atoms with Crippen molar-refractivity contribution in [3.8, 4) is 0 Å². The largest absolute Gasteiger partial charge is 0.458 e. The van der Waals surface area contributed by atoms with Crippen molar-refractivity contribution in [2.24, 2.45) is 23.7 Å². The van der Waals surface area contributed by atoms with Gasteiger partial charge in [-0.3, -0.25) is 9.59 Å². The van der Waals surface area contributed by atoms with Crippen LogP contribution in [0.2, 0.25) is 0 Å². The van der Waals surface area contributed by atoms with Crippen LogP contribution in [0.4, 0.5) is 0 Å². The summed E-state index contributed by atoms with van der Waals surface area (Å²) in [5.74, 6) is -0.124. The summed E-state index contributed by atoms with van der Waals surface area (Å²) in [6, 6.07) is 0. The van der Waals surface area contributed by atoms with Crippen LogP contribution in [0.15, 0.2) is 12.2 Å². The summed E-state index contributed by atoms with van der Waals surface area (Å²) in [7, 11) is 0. The standard InChI is InChI=1S/C26H40O7/c1-7-8-21(28)33-25(5)10-9-18(31-16(4)27)14(2)11-19-23-22(24(25)32-19)17-12-20(26(23,6)29)30-13-15(17)3/h15,17-20,22-24,29H,2,7-13H2,1,3-6H3/t15-,17+,18-,19+,20+,22+,23?,24+,25+,26-/m0/s1.